The fraction of sp³-hybridized carbons (Fsp3) is 0.133. The lowest BCUT2D eigenvalue weighted by atomic mass is 10.2. The van der Waals surface area contributed by atoms with Gasteiger partial charge in [0.25, 0.3) is 0 Å². The Kier molecular flexibility index (Phi) is 5.42. The SMILES string of the molecule is Cc1cc(I)ccc1NC(=O)NCc1ccc(Br)cc1. The second kappa shape index (κ2) is 7.08. The molecule has 0 heterocycles. The minimum atomic E-state index is -0.197. The first-order chi connectivity index (χ1) is 9.54. The van der Waals surface area contributed by atoms with Crippen LogP contribution in [0.3, 0.4) is 0 Å². The molecule has 0 aliphatic carbocycles. The molecule has 0 atom stereocenters. The van der Waals surface area contributed by atoms with Crippen LogP contribution in [0.15, 0.2) is 46.9 Å². The summed E-state index contributed by atoms with van der Waals surface area (Å²) in [6.07, 6.45) is 0. The second-order valence-corrected chi connectivity index (χ2v) is 6.55. The average Bonchev–Trinajstić information content (AvgIpc) is 2.41. The number of carbonyl (C=O) groups excluding carboxylic acids is 1. The highest BCUT2D eigenvalue weighted by Crippen LogP contribution is 2.17. The molecule has 0 radical (unpaired) electrons. The molecule has 0 bridgehead atoms. The molecule has 0 aromatic heterocycles. The van der Waals surface area contributed by atoms with Crippen LogP contribution in [0.4, 0.5) is 10.5 Å². The molecule has 0 saturated carbocycles. The number of halogens is 2. The van der Waals surface area contributed by atoms with E-state index in [0.29, 0.717) is 6.54 Å². The molecule has 0 aliphatic rings. The molecule has 104 valence electrons. The molecule has 2 N–H and O–H groups in total. The predicted molar refractivity (Wildman–Crippen MR) is 93.9 cm³/mol. The van der Waals surface area contributed by atoms with Crippen LogP contribution < -0.4 is 10.6 Å². The topological polar surface area (TPSA) is 41.1 Å². The van der Waals surface area contributed by atoms with E-state index in [1.165, 1.54) is 0 Å². The molecule has 0 spiro atoms. The van der Waals surface area contributed by atoms with Crippen molar-refractivity contribution in [3.8, 4) is 0 Å². The van der Waals surface area contributed by atoms with E-state index in [1.54, 1.807) is 0 Å². The molecule has 20 heavy (non-hydrogen) atoms. The molecule has 0 aliphatic heterocycles. The molecule has 2 aromatic rings. The van der Waals surface area contributed by atoms with Crippen LogP contribution >= 0.6 is 38.5 Å². The van der Waals surface area contributed by atoms with E-state index in [-0.39, 0.29) is 6.03 Å². The third-order valence-electron chi connectivity index (χ3n) is 2.80. The molecule has 2 amide bonds. The summed E-state index contributed by atoms with van der Waals surface area (Å²) in [6, 6.07) is 13.6. The molecule has 0 unspecified atom stereocenters. The molecule has 3 nitrogen and oxygen atoms in total. The summed E-state index contributed by atoms with van der Waals surface area (Å²) >= 11 is 5.63. The van der Waals surface area contributed by atoms with Gasteiger partial charge in [-0.3, -0.25) is 0 Å². The highest BCUT2D eigenvalue weighted by atomic mass is 127. The van der Waals surface area contributed by atoms with Gasteiger partial charge >= 0.3 is 6.03 Å². The number of anilines is 1. The van der Waals surface area contributed by atoms with Crippen molar-refractivity contribution in [1.82, 2.24) is 5.32 Å². The van der Waals surface area contributed by atoms with E-state index < -0.39 is 0 Å². The maximum absolute atomic E-state index is 11.9. The van der Waals surface area contributed by atoms with Crippen molar-refractivity contribution >= 4 is 50.2 Å². The number of urea groups is 1. The molecular formula is C15H14BrIN2O. The molecular weight excluding hydrogens is 431 g/mol. The Morgan fingerprint density at radius 1 is 1.20 bits per heavy atom. The first-order valence-electron chi connectivity index (χ1n) is 6.10. The van der Waals surface area contributed by atoms with Gasteiger partial charge in [-0.05, 0) is 71.0 Å². The van der Waals surface area contributed by atoms with Crippen molar-refractivity contribution in [3.05, 3.63) is 61.6 Å². The lowest BCUT2D eigenvalue weighted by Crippen LogP contribution is -2.28. The zero-order valence-corrected chi connectivity index (χ0v) is 14.7. The van der Waals surface area contributed by atoms with Gasteiger partial charge in [-0.25, -0.2) is 4.79 Å². The maximum atomic E-state index is 11.9. The van der Waals surface area contributed by atoms with Gasteiger partial charge in [0.05, 0.1) is 0 Å². The van der Waals surface area contributed by atoms with E-state index in [2.05, 4.69) is 49.2 Å². The smallest absolute Gasteiger partial charge is 0.319 e. The van der Waals surface area contributed by atoms with Crippen molar-refractivity contribution in [2.24, 2.45) is 0 Å². The lowest BCUT2D eigenvalue weighted by molar-refractivity contribution is 0.251. The second-order valence-electron chi connectivity index (χ2n) is 4.39. The van der Waals surface area contributed by atoms with Crippen LogP contribution in [-0.4, -0.2) is 6.03 Å². The quantitative estimate of drug-likeness (QED) is 0.663. The zero-order valence-electron chi connectivity index (χ0n) is 10.9. The van der Waals surface area contributed by atoms with E-state index in [0.717, 1.165) is 24.9 Å². The van der Waals surface area contributed by atoms with Gasteiger partial charge in [-0.2, -0.15) is 0 Å². The normalized spacial score (nSPS) is 10.2. The van der Waals surface area contributed by atoms with Crippen LogP contribution in [0.2, 0.25) is 0 Å². The number of hydrogen-bond donors (Lipinski definition) is 2. The van der Waals surface area contributed by atoms with Crippen LogP contribution in [0.25, 0.3) is 0 Å². The summed E-state index contributed by atoms with van der Waals surface area (Å²) in [4.78, 5) is 11.9. The number of carbonyl (C=O) groups is 1. The number of aryl methyl sites for hydroxylation is 1. The Balaban J connectivity index is 1.90. The third-order valence-corrected chi connectivity index (χ3v) is 4.00. The Hall–Kier alpha value is -1.08. The highest BCUT2D eigenvalue weighted by Gasteiger charge is 2.04. The van der Waals surface area contributed by atoms with E-state index >= 15 is 0 Å². The Morgan fingerprint density at radius 3 is 2.55 bits per heavy atom. The predicted octanol–water partition coefficient (Wildman–Crippen LogP) is 4.68. The summed E-state index contributed by atoms with van der Waals surface area (Å²) in [5, 5.41) is 5.70. The third kappa shape index (κ3) is 4.49. The molecule has 2 aromatic carbocycles. The minimum Gasteiger partial charge on any atom is -0.334 e. The summed E-state index contributed by atoms with van der Waals surface area (Å²) in [6.45, 7) is 2.48. The van der Waals surface area contributed by atoms with Crippen LogP contribution in [0, 0.1) is 10.5 Å². The summed E-state index contributed by atoms with van der Waals surface area (Å²) in [5.74, 6) is 0. The van der Waals surface area contributed by atoms with Crippen molar-refractivity contribution in [1.29, 1.82) is 0 Å². The summed E-state index contributed by atoms with van der Waals surface area (Å²) in [7, 11) is 0. The molecule has 0 saturated heterocycles. The van der Waals surface area contributed by atoms with Gasteiger partial charge in [0.15, 0.2) is 0 Å². The van der Waals surface area contributed by atoms with E-state index in [4.69, 9.17) is 0 Å². The van der Waals surface area contributed by atoms with E-state index in [1.807, 2.05) is 49.4 Å². The fourth-order valence-corrected chi connectivity index (χ4v) is 2.63. The van der Waals surface area contributed by atoms with Crippen LogP contribution in [-0.2, 0) is 6.54 Å². The Bertz CT molecular complexity index is 614. The number of rotatable bonds is 3. The molecule has 2 rings (SSSR count). The van der Waals surface area contributed by atoms with Gasteiger partial charge < -0.3 is 10.6 Å². The monoisotopic (exact) mass is 444 g/mol. The van der Waals surface area contributed by atoms with Crippen molar-refractivity contribution in [2.45, 2.75) is 13.5 Å². The number of amides is 2. The van der Waals surface area contributed by atoms with Gasteiger partial charge in [0.2, 0.25) is 0 Å². The first-order valence-corrected chi connectivity index (χ1v) is 7.97. The van der Waals surface area contributed by atoms with Gasteiger partial charge in [-0.15, -0.1) is 0 Å². The molecule has 0 fully saturated rings. The Morgan fingerprint density at radius 2 is 1.90 bits per heavy atom. The number of hydrogen-bond acceptors (Lipinski definition) is 1. The summed E-state index contributed by atoms with van der Waals surface area (Å²) < 4.78 is 2.18. The standard InChI is InChI=1S/C15H14BrIN2O/c1-10-8-13(17)6-7-14(10)19-15(20)18-9-11-2-4-12(16)5-3-11/h2-8H,9H2,1H3,(H2,18,19,20). The zero-order chi connectivity index (χ0) is 14.5. The highest BCUT2D eigenvalue weighted by molar-refractivity contribution is 14.1. The first kappa shape index (κ1) is 15.3. The van der Waals surface area contributed by atoms with Gasteiger partial charge in [0.1, 0.15) is 0 Å². The van der Waals surface area contributed by atoms with Crippen molar-refractivity contribution in [3.63, 3.8) is 0 Å². The maximum Gasteiger partial charge on any atom is 0.319 e. The van der Waals surface area contributed by atoms with Crippen LogP contribution in [0.1, 0.15) is 11.1 Å². The number of benzene rings is 2. The minimum absolute atomic E-state index is 0.197. The van der Waals surface area contributed by atoms with E-state index in [9.17, 15) is 4.79 Å². The lowest BCUT2D eigenvalue weighted by Gasteiger charge is -2.10. The Labute approximate surface area is 140 Å². The van der Waals surface area contributed by atoms with Gasteiger partial charge in [0, 0.05) is 20.3 Å². The average molecular weight is 445 g/mol. The van der Waals surface area contributed by atoms with Gasteiger partial charge in [-0.1, -0.05) is 28.1 Å². The van der Waals surface area contributed by atoms with Crippen molar-refractivity contribution < 1.29 is 4.79 Å². The van der Waals surface area contributed by atoms with Crippen LogP contribution in [0.5, 0.6) is 0 Å². The fourth-order valence-electron chi connectivity index (χ4n) is 1.72. The number of nitrogens with one attached hydrogen (secondary N) is 2. The largest absolute Gasteiger partial charge is 0.334 e. The molecule has 5 heteroatoms. The summed E-state index contributed by atoms with van der Waals surface area (Å²) in [5.41, 5.74) is 2.94. The van der Waals surface area contributed by atoms with Crippen molar-refractivity contribution in [2.75, 3.05) is 5.32 Å².